The highest BCUT2D eigenvalue weighted by molar-refractivity contribution is 6.32. The number of aryl methyl sites for hydroxylation is 1. The quantitative estimate of drug-likeness (QED) is 0.772. The molecule has 0 saturated carbocycles. The topological polar surface area (TPSA) is 73.6 Å². The molecule has 6 nitrogen and oxygen atoms in total. The molecule has 2 heterocycles. The summed E-state index contributed by atoms with van der Waals surface area (Å²) in [6.45, 7) is 2.72. The van der Waals surface area contributed by atoms with Crippen molar-refractivity contribution >= 4 is 34.3 Å². The Labute approximate surface area is 148 Å². The first kappa shape index (κ1) is 15.8. The predicted molar refractivity (Wildman–Crippen MR) is 93.5 cm³/mol. The highest BCUT2D eigenvalue weighted by atomic mass is 35.5. The zero-order valence-electron chi connectivity index (χ0n) is 13.5. The van der Waals surface area contributed by atoms with E-state index in [1.165, 1.54) is 0 Å². The van der Waals surface area contributed by atoms with Crippen molar-refractivity contribution in [2.45, 2.75) is 13.3 Å². The van der Waals surface area contributed by atoms with Gasteiger partial charge in [0.05, 0.1) is 11.4 Å². The molecule has 0 saturated heterocycles. The van der Waals surface area contributed by atoms with Crippen molar-refractivity contribution in [2.24, 2.45) is 0 Å². The van der Waals surface area contributed by atoms with Crippen molar-refractivity contribution in [2.75, 3.05) is 18.5 Å². The van der Waals surface area contributed by atoms with Gasteiger partial charge in [-0.2, -0.15) is 0 Å². The maximum absolute atomic E-state index is 12.3. The Bertz CT molecular complexity index is 967. The first-order valence-electron chi connectivity index (χ1n) is 7.83. The number of halogens is 1. The SMILES string of the molecule is Cc1nc2ccc(NC(=O)Cc3cc(Cl)c4c(c3)OCCO4)cc2o1. The van der Waals surface area contributed by atoms with E-state index in [1.807, 2.05) is 6.07 Å². The van der Waals surface area contributed by atoms with Crippen LogP contribution < -0.4 is 14.8 Å². The van der Waals surface area contributed by atoms with Gasteiger partial charge in [-0.3, -0.25) is 4.79 Å². The highest BCUT2D eigenvalue weighted by Gasteiger charge is 2.18. The normalized spacial score (nSPS) is 13.0. The highest BCUT2D eigenvalue weighted by Crippen LogP contribution is 2.38. The van der Waals surface area contributed by atoms with E-state index in [9.17, 15) is 4.79 Å². The molecule has 0 spiro atoms. The zero-order chi connectivity index (χ0) is 17.4. The molecule has 4 rings (SSSR count). The van der Waals surface area contributed by atoms with Crippen LogP contribution in [0.25, 0.3) is 11.1 Å². The summed E-state index contributed by atoms with van der Waals surface area (Å²) in [6.07, 6.45) is 0.170. The lowest BCUT2D eigenvalue weighted by Crippen LogP contribution is -2.17. The molecule has 1 amide bonds. The standard InChI is InChI=1S/C18H15ClN2O4/c1-10-20-14-3-2-12(9-15(14)25-10)21-17(22)8-11-6-13(19)18-16(7-11)23-4-5-24-18/h2-3,6-7,9H,4-5,8H2,1H3,(H,21,22). The lowest BCUT2D eigenvalue weighted by atomic mass is 10.1. The Kier molecular flexibility index (Phi) is 3.97. The summed E-state index contributed by atoms with van der Waals surface area (Å²) >= 11 is 6.20. The Hall–Kier alpha value is -2.73. The van der Waals surface area contributed by atoms with Crippen LogP contribution in [-0.2, 0) is 11.2 Å². The van der Waals surface area contributed by atoms with Crippen molar-refractivity contribution in [3.05, 3.63) is 46.8 Å². The number of amides is 1. The van der Waals surface area contributed by atoms with E-state index >= 15 is 0 Å². The molecule has 25 heavy (non-hydrogen) atoms. The molecule has 0 atom stereocenters. The molecule has 3 aromatic rings. The largest absolute Gasteiger partial charge is 0.486 e. The maximum atomic E-state index is 12.3. The van der Waals surface area contributed by atoms with E-state index in [0.29, 0.717) is 46.9 Å². The van der Waals surface area contributed by atoms with Crippen LogP contribution in [0.2, 0.25) is 5.02 Å². The molecule has 0 fully saturated rings. The third-order valence-electron chi connectivity index (χ3n) is 3.80. The minimum atomic E-state index is -0.164. The fourth-order valence-electron chi connectivity index (χ4n) is 2.77. The van der Waals surface area contributed by atoms with Gasteiger partial charge in [0.2, 0.25) is 5.91 Å². The van der Waals surface area contributed by atoms with Gasteiger partial charge < -0.3 is 19.2 Å². The number of benzene rings is 2. The van der Waals surface area contributed by atoms with Crippen LogP contribution >= 0.6 is 11.6 Å². The molecule has 2 aromatic carbocycles. The summed E-state index contributed by atoms with van der Waals surface area (Å²) in [5.41, 5.74) is 2.80. The van der Waals surface area contributed by atoms with Gasteiger partial charge in [-0.05, 0) is 29.8 Å². The zero-order valence-corrected chi connectivity index (χ0v) is 14.2. The van der Waals surface area contributed by atoms with Crippen LogP contribution in [0.3, 0.4) is 0 Å². The summed E-state index contributed by atoms with van der Waals surface area (Å²) < 4.78 is 16.5. The van der Waals surface area contributed by atoms with Gasteiger partial charge in [0.1, 0.15) is 18.7 Å². The van der Waals surface area contributed by atoms with Gasteiger partial charge >= 0.3 is 0 Å². The van der Waals surface area contributed by atoms with Crippen LogP contribution in [0.4, 0.5) is 5.69 Å². The Morgan fingerprint density at radius 3 is 2.96 bits per heavy atom. The molecule has 7 heteroatoms. The number of anilines is 1. The second-order valence-corrected chi connectivity index (χ2v) is 6.15. The van der Waals surface area contributed by atoms with E-state index in [-0.39, 0.29) is 12.3 Å². The van der Waals surface area contributed by atoms with E-state index in [1.54, 1.807) is 31.2 Å². The number of oxazole rings is 1. The second kappa shape index (κ2) is 6.29. The second-order valence-electron chi connectivity index (χ2n) is 5.74. The fraction of sp³-hybridized carbons (Fsp3) is 0.222. The number of hydrogen-bond acceptors (Lipinski definition) is 5. The number of rotatable bonds is 3. The van der Waals surface area contributed by atoms with E-state index in [4.69, 9.17) is 25.5 Å². The van der Waals surface area contributed by atoms with Crippen molar-refractivity contribution in [3.63, 3.8) is 0 Å². The first-order valence-corrected chi connectivity index (χ1v) is 8.21. The monoisotopic (exact) mass is 358 g/mol. The molecule has 1 aromatic heterocycles. The summed E-state index contributed by atoms with van der Waals surface area (Å²) in [6, 6.07) is 8.85. The third-order valence-corrected chi connectivity index (χ3v) is 4.08. The maximum Gasteiger partial charge on any atom is 0.228 e. The summed E-state index contributed by atoms with van der Waals surface area (Å²) in [4.78, 5) is 16.6. The fourth-order valence-corrected chi connectivity index (χ4v) is 3.06. The molecule has 1 aliphatic heterocycles. The Morgan fingerprint density at radius 1 is 1.24 bits per heavy atom. The molecule has 0 aliphatic carbocycles. The smallest absolute Gasteiger partial charge is 0.228 e. The number of carbonyl (C=O) groups is 1. The van der Waals surface area contributed by atoms with Crippen molar-refractivity contribution in [1.29, 1.82) is 0 Å². The lowest BCUT2D eigenvalue weighted by Gasteiger charge is -2.20. The third kappa shape index (κ3) is 3.25. The van der Waals surface area contributed by atoms with Crippen LogP contribution in [0.5, 0.6) is 11.5 Å². The van der Waals surface area contributed by atoms with E-state index in [0.717, 1.165) is 11.1 Å². The summed E-state index contributed by atoms with van der Waals surface area (Å²) in [5.74, 6) is 1.52. The molecular formula is C18H15ClN2O4. The number of nitrogens with zero attached hydrogens (tertiary/aromatic N) is 1. The van der Waals surface area contributed by atoms with Crippen molar-refractivity contribution in [1.82, 2.24) is 4.98 Å². The molecule has 0 unspecified atom stereocenters. The number of carbonyl (C=O) groups excluding carboxylic acids is 1. The van der Waals surface area contributed by atoms with Gasteiger partial charge in [-0.25, -0.2) is 4.98 Å². The number of hydrogen-bond donors (Lipinski definition) is 1. The number of ether oxygens (including phenoxy) is 2. The summed E-state index contributed by atoms with van der Waals surface area (Å²) in [7, 11) is 0. The minimum absolute atomic E-state index is 0.164. The molecular weight excluding hydrogens is 344 g/mol. The molecule has 128 valence electrons. The minimum Gasteiger partial charge on any atom is -0.486 e. The lowest BCUT2D eigenvalue weighted by molar-refractivity contribution is -0.115. The summed E-state index contributed by atoms with van der Waals surface area (Å²) in [5, 5.41) is 3.29. The molecule has 0 radical (unpaired) electrons. The molecule has 1 N–H and O–H groups in total. The Morgan fingerprint density at radius 2 is 2.08 bits per heavy atom. The van der Waals surface area contributed by atoms with E-state index in [2.05, 4.69) is 10.3 Å². The van der Waals surface area contributed by atoms with Crippen LogP contribution in [0, 0.1) is 6.92 Å². The number of aromatic nitrogens is 1. The van der Waals surface area contributed by atoms with Gasteiger partial charge in [0.25, 0.3) is 0 Å². The molecule has 1 aliphatic rings. The van der Waals surface area contributed by atoms with E-state index < -0.39 is 0 Å². The number of nitrogens with one attached hydrogen (secondary N) is 1. The first-order chi connectivity index (χ1) is 12.1. The van der Waals surface area contributed by atoms with Gasteiger partial charge in [-0.1, -0.05) is 11.6 Å². The number of fused-ring (bicyclic) bond motifs is 2. The van der Waals surface area contributed by atoms with Crippen LogP contribution in [0.15, 0.2) is 34.7 Å². The van der Waals surface area contributed by atoms with Gasteiger partial charge in [0.15, 0.2) is 23.0 Å². The predicted octanol–water partition coefficient (Wildman–Crippen LogP) is 3.74. The Balaban J connectivity index is 1.50. The van der Waals surface area contributed by atoms with Crippen molar-refractivity contribution < 1.29 is 18.7 Å². The van der Waals surface area contributed by atoms with Crippen molar-refractivity contribution in [3.8, 4) is 11.5 Å². The average molecular weight is 359 g/mol. The average Bonchev–Trinajstić information content (AvgIpc) is 2.94. The van der Waals surface area contributed by atoms with Gasteiger partial charge in [-0.15, -0.1) is 0 Å². The van der Waals surface area contributed by atoms with Gasteiger partial charge in [0, 0.05) is 18.7 Å². The van der Waals surface area contributed by atoms with Crippen LogP contribution in [-0.4, -0.2) is 24.1 Å². The van der Waals surface area contributed by atoms with Crippen LogP contribution in [0.1, 0.15) is 11.5 Å². The molecule has 0 bridgehead atoms.